The van der Waals surface area contributed by atoms with Gasteiger partial charge in [-0.1, -0.05) is 42.5 Å². The van der Waals surface area contributed by atoms with Crippen LogP contribution in [0.5, 0.6) is 28.7 Å². The molecule has 0 bridgehead atoms. The molecule has 6 rings (SSSR count). The molecular formula is C27H27NO5. The number of rotatable bonds is 4. The van der Waals surface area contributed by atoms with Gasteiger partial charge in [-0.15, -0.1) is 0 Å². The van der Waals surface area contributed by atoms with Gasteiger partial charge in [0.1, 0.15) is 5.75 Å². The normalized spacial score (nSPS) is 23.7. The molecule has 3 aromatic rings. The quantitative estimate of drug-likeness (QED) is 0.619. The Kier molecular flexibility index (Phi) is 5.03. The van der Waals surface area contributed by atoms with Gasteiger partial charge in [-0.25, -0.2) is 0 Å². The second-order valence-electron chi connectivity index (χ2n) is 8.81. The Balaban J connectivity index is 1.59. The zero-order valence-corrected chi connectivity index (χ0v) is 18.6. The van der Waals surface area contributed by atoms with E-state index < -0.39 is 0 Å². The summed E-state index contributed by atoms with van der Waals surface area (Å²) in [6.45, 7) is 2.18. The zero-order valence-electron chi connectivity index (χ0n) is 18.6. The van der Waals surface area contributed by atoms with Crippen LogP contribution in [0.3, 0.4) is 0 Å². The van der Waals surface area contributed by atoms with Crippen molar-refractivity contribution in [3.8, 4) is 28.7 Å². The fourth-order valence-corrected chi connectivity index (χ4v) is 5.49. The Morgan fingerprint density at radius 2 is 1.64 bits per heavy atom. The highest BCUT2D eigenvalue weighted by molar-refractivity contribution is 5.60. The molecule has 6 nitrogen and oxygen atoms in total. The first-order chi connectivity index (χ1) is 16.2. The third-order valence-corrected chi connectivity index (χ3v) is 7.02. The Morgan fingerprint density at radius 3 is 2.39 bits per heavy atom. The van der Waals surface area contributed by atoms with Crippen molar-refractivity contribution in [2.75, 3.05) is 27.0 Å². The van der Waals surface area contributed by atoms with Crippen molar-refractivity contribution in [3.63, 3.8) is 0 Å². The third-order valence-electron chi connectivity index (χ3n) is 7.02. The number of benzene rings is 3. The van der Waals surface area contributed by atoms with Crippen LogP contribution in [0.1, 0.15) is 41.4 Å². The molecule has 170 valence electrons. The number of methoxy groups -OCH3 is 1. The largest absolute Gasteiger partial charge is 0.504 e. The van der Waals surface area contributed by atoms with Crippen molar-refractivity contribution in [3.05, 3.63) is 77.4 Å². The summed E-state index contributed by atoms with van der Waals surface area (Å²) in [7, 11) is 1.58. The van der Waals surface area contributed by atoms with Gasteiger partial charge in [-0.2, -0.15) is 0 Å². The summed E-state index contributed by atoms with van der Waals surface area (Å²) in [5.74, 6) is 2.61. The van der Waals surface area contributed by atoms with Crippen LogP contribution in [-0.2, 0) is 0 Å². The number of hydrogen-bond acceptors (Lipinski definition) is 6. The number of phenolic OH excluding ortho intramolecular Hbond substituents is 1. The van der Waals surface area contributed by atoms with E-state index in [0.29, 0.717) is 17.2 Å². The number of phenols is 1. The van der Waals surface area contributed by atoms with E-state index in [0.717, 1.165) is 42.8 Å². The molecule has 3 aromatic carbocycles. The minimum absolute atomic E-state index is 0.0322. The lowest BCUT2D eigenvalue weighted by Gasteiger charge is -2.44. The Morgan fingerprint density at radius 1 is 0.879 bits per heavy atom. The molecule has 0 aliphatic carbocycles. The first kappa shape index (κ1) is 20.2. The molecule has 1 saturated heterocycles. The summed E-state index contributed by atoms with van der Waals surface area (Å²) in [5.41, 5.74) is 2.97. The lowest BCUT2D eigenvalue weighted by Crippen LogP contribution is -2.46. The first-order valence-electron chi connectivity index (χ1n) is 11.5. The lowest BCUT2D eigenvalue weighted by molar-refractivity contribution is 0.00286. The van der Waals surface area contributed by atoms with Crippen molar-refractivity contribution in [1.82, 2.24) is 4.90 Å². The maximum absolute atomic E-state index is 11.2. The highest BCUT2D eigenvalue weighted by atomic mass is 16.7. The van der Waals surface area contributed by atoms with E-state index >= 15 is 0 Å². The summed E-state index contributed by atoms with van der Waals surface area (Å²) in [4.78, 5) is 2.43. The second kappa shape index (κ2) is 8.19. The van der Waals surface area contributed by atoms with Gasteiger partial charge in [0.15, 0.2) is 29.2 Å². The van der Waals surface area contributed by atoms with Crippen LogP contribution in [0.4, 0.5) is 0 Å². The van der Waals surface area contributed by atoms with E-state index in [-0.39, 0.29) is 30.6 Å². The first-order valence-corrected chi connectivity index (χ1v) is 11.5. The highest BCUT2D eigenvalue weighted by Gasteiger charge is 2.45. The van der Waals surface area contributed by atoms with Gasteiger partial charge in [0.2, 0.25) is 6.79 Å². The van der Waals surface area contributed by atoms with Crippen molar-refractivity contribution in [2.24, 2.45) is 0 Å². The SMILES string of the molecule is COc1cccc([C@@H]2c3cc4c(cc3O[C@H](N3CCCC3)[C@@H]2c2ccccc2)OCO4)c1O. The Labute approximate surface area is 193 Å². The van der Waals surface area contributed by atoms with Gasteiger partial charge >= 0.3 is 0 Å². The van der Waals surface area contributed by atoms with Crippen LogP contribution < -0.4 is 18.9 Å². The molecule has 0 aromatic heterocycles. The number of nitrogens with zero attached hydrogens (tertiary/aromatic N) is 1. The molecule has 33 heavy (non-hydrogen) atoms. The molecule has 0 saturated carbocycles. The van der Waals surface area contributed by atoms with Crippen LogP contribution in [-0.4, -0.2) is 43.2 Å². The van der Waals surface area contributed by atoms with E-state index in [1.54, 1.807) is 13.2 Å². The molecule has 3 heterocycles. The third kappa shape index (κ3) is 3.37. The van der Waals surface area contributed by atoms with Gasteiger partial charge in [-0.05, 0) is 30.5 Å². The summed E-state index contributed by atoms with van der Waals surface area (Å²) in [6.07, 6.45) is 2.15. The maximum Gasteiger partial charge on any atom is 0.231 e. The Hall–Kier alpha value is -3.38. The minimum Gasteiger partial charge on any atom is -0.504 e. The number of fused-ring (bicyclic) bond motifs is 2. The van der Waals surface area contributed by atoms with Crippen molar-refractivity contribution < 1.29 is 24.1 Å². The van der Waals surface area contributed by atoms with E-state index in [1.165, 1.54) is 5.56 Å². The van der Waals surface area contributed by atoms with Gasteiger partial charge in [0, 0.05) is 42.1 Å². The van der Waals surface area contributed by atoms with Crippen molar-refractivity contribution >= 4 is 0 Å². The molecule has 6 heteroatoms. The zero-order chi connectivity index (χ0) is 22.4. The molecular weight excluding hydrogens is 418 g/mol. The number of likely N-dealkylation sites (tertiary alicyclic amines) is 1. The van der Waals surface area contributed by atoms with Gasteiger partial charge < -0.3 is 24.1 Å². The number of para-hydroxylation sites is 1. The molecule has 3 atom stereocenters. The molecule has 0 spiro atoms. The molecule has 3 aliphatic heterocycles. The van der Waals surface area contributed by atoms with E-state index in [9.17, 15) is 5.11 Å². The van der Waals surface area contributed by atoms with E-state index in [1.807, 2.05) is 30.3 Å². The number of hydrogen-bond donors (Lipinski definition) is 1. The summed E-state index contributed by atoms with van der Waals surface area (Å²) in [6, 6.07) is 20.1. The monoisotopic (exact) mass is 445 g/mol. The van der Waals surface area contributed by atoms with Crippen molar-refractivity contribution in [2.45, 2.75) is 30.9 Å². The molecule has 0 radical (unpaired) electrons. The molecule has 0 amide bonds. The van der Waals surface area contributed by atoms with Crippen LogP contribution in [0, 0.1) is 0 Å². The maximum atomic E-state index is 11.2. The summed E-state index contributed by atoms with van der Waals surface area (Å²) >= 11 is 0. The molecule has 3 aliphatic rings. The van der Waals surface area contributed by atoms with Crippen molar-refractivity contribution in [1.29, 1.82) is 0 Å². The number of aromatic hydroxyl groups is 1. The average Bonchev–Trinajstić information content (AvgIpc) is 3.54. The van der Waals surface area contributed by atoms with Gasteiger partial charge in [-0.3, -0.25) is 4.90 Å². The topological polar surface area (TPSA) is 60.4 Å². The number of ether oxygens (including phenoxy) is 4. The standard InChI is InChI=1S/C27H27NO5/c1-30-20-11-7-10-18(26(20)29)25-19-14-22-23(32-16-31-22)15-21(19)33-27(28-12-5-6-13-28)24(25)17-8-3-2-4-9-17/h2-4,7-11,14-15,24-25,27,29H,5-6,12-13,16H2,1H3/t24-,25-,27+/m1/s1. The fraction of sp³-hybridized carbons (Fsp3) is 0.333. The predicted octanol–water partition coefficient (Wildman–Crippen LogP) is 4.86. The summed E-state index contributed by atoms with van der Waals surface area (Å²) < 4.78 is 23.6. The average molecular weight is 446 g/mol. The minimum atomic E-state index is -0.168. The molecule has 0 unspecified atom stereocenters. The van der Waals surface area contributed by atoms with Crippen LogP contribution in [0.2, 0.25) is 0 Å². The van der Waals surface area contributed by atoms with Crippen LogP contribution >= 0.6 is 0 Å². The fourth-order valence-electron chi connectivity index (χ4n) is 5.49. The van der Waals surface area contributed by atoms with Gasteiger partial charge in [0.25, 0.3) is 0 Å². The van der Waals surface area contributed by atoms with Crippen LogP contribution in [0.25, 0.3) is 0 Å². The van der Waals surface area contributed by atoms with Gasteiger partial charge in [0.05, 0.1) is 7.11 Å². The molecule has 1 fully saturated rings. The van der Waals surface area contributed by atoms with Crippen LogP contribution in [0.15, 0.2) is 60.7 Å². The Bertz CT molecular complexity index is 1160. The van der Waals surface area contributed by atoms with E-state index in [4.69, 9.17) is 18.9 Å². The molecule has 1 N–H and O–H groups in total. The predicted molar refractivity (Wildman–Crippen MR) is 123 cm³/mol. The summed E-state index contributed by atoms with van der Waals surface area (Å²) in [5, 5.41) is 11.2. The van der Waals surface area contributed by atoms with E-state index in [2.05, 4.69) is 29.2 Å². The highest BCUT2D eigenvalue weighted by Crippen LogP contribution is 2.55. The second-order valence-corrected chi connectivity index (χ2v) is 8.81. The lowest BCUT2D eigenvalue weighted by atomic mass is 9.73. The smallest absolute Gasteiger partial charge is 0.231 e.